The average Bonchev–Trinajstić information content (AvgIpc) is 2.56. The number of rotatable bonds is 3. The summed E-state index contributed by atoms with van der Waals surface area (Å²) in [5.41, 5.74) is 2.46. The standard InChI is InChI=1S/C18H26O2/c19-18(17-8-4-5-13-20-17)16-11-9-15(10-12-16)14-6-2-1-3-7-14/h9-12,14,17-19H,1-8,13H2. The average molecular weight is 274 g/mol. The van der Waals surface area contributed by atoms with Crippen molar-refractivity contribution >= 4 is 0 Å². The normalized spacial score (nSPS) is 26.4. The molecule has 2 atom stereocenters. The minimum Gasteiger partial charge on any atom is -0.386 e. The third-order valence-corrected chi connectivity index (χ3v) is 4.92. The Kier molecular flexibility index (Phi) is 4.74. The molecule has 1 aliphatic heterocycles. The molecule has 20 heavy (non-hydrogen) atoms. The van der Waals surface area contributed by atoms with Crippen LogP contribution < -0.4 is 0 Å². The molecule has 2 heteroatoms. The lowest BCUT2D eigenvalue weighted by molar-refractivity contribution is -0.0633. The highest BCUT2D eigenvalue weighted by Gasteiger charge is 2.24. The Labute approximate surface area is 122 Å². The van der Waals surface area contributed by atoms with Crippen molar-refractivity contribution in [2.24, 2.45) is 0 Å². The van der Waals surface area contributed by atoms with Crippen LogP contribution in [0.25, 0.3) is 0 Å². The van der Waals surface area contributed by atoms with Crippen LogP contribution in [0.15, 0.2) is 24.3 Å². The summed E-state index contributed by atoms with van der Waals surface area (Å²) < 4.78 is 5.69. The van der Waals surface area contributed by atoms with Crippen LogP contribution in [0.2, 0.25) is 0 Å². The molecule has 1 heterocycles. The molecule has 110 valence electrons. The number of aliphatic hydroxyl groups is 1. The lowest BCUT2D eigenvalue weighted by Gasteiger charge is -2.28. The molecule has 0 bridgehead atoms. The second-order valence-corrected chi connectivity index (χ2v) is 6.35. The SMILES string of the molecule is OC(c1ccc(C2CCCCC2)cc1)C1CCCCO1. The van der Waals surface area contributed by atoms with Gasteiger partial charge in [-0.1, -0.05) is 43.5 Å². The predicted octanol–water partition coefficient (Wildman–Crippen LogP) is 4.34. The summed E-state index contributed by atoms with van der Waals surface area (Å²) >= 11 is 0. The minimum absolute atomic E-state index is 0.00993. The summed E-state index contributed by atoms with van der Waals surface area (Å²) in [5, 5.41) is 10.4. The third kappa shape index (κ3) is 3.24. The van der Waals surface area contributed by atoms with Gasteiger partial charge in [-0.05, 0) is 49.1 Å². The summed E-state index contributed by atoms with van der Waals surface area (Å²) in [6.45, 7) is 0.794. The Hall–Kier alpha value is -0.860. The van der Waals surface area contributed by atoms with Crippen LogP contribution in [-0.4, -0.2) is 17.8 Å². The number of ether oxygens (including phenoxy) is 1. The van der Waals surface area contributed by atoms with E-state index in [1.807, 2.05) is 0 Å². The third-order valence-electron chi connectivity index (χ3n) is 4.92. The van der Waals surface area contributed by atoms with Gasteiger partial charge in [0, 0.05) is 6.61 Å². The molecular weight excluding hydrogens is 248 g/mol. The second kappa shape index (κ2) is 6.73. The van der Waals surface area contributed by atoms with E-state index in [1.165, 1.54) is 44.1 Å². The van der Waals surface area contributed by atoms with Crippen LogP contribution >= 0.6 is 0 Å². The van der Waals surface area contributed by atoms with E-state index in [-0.39, 0.29) is 6.10 Å². The van der Waals surface area contributed by atoms with Crippen molar-refractivity contribution in [2.75, 3.05) is 6.61 Å². The Balaban J connectivity index is 1.65. The van der Waals surface area contributed by atoms with Gasteiger partial charge in [-0.25, -0.2) is 0 Å². The van der Waals surface area contributed by atoms with Gasteiger partial charge in [0.2, 0.25) is 0 Å². The maximum absolute atomic E-state index is 10.4. The second-order valence-electron chi connectivity index (χ2n) is 6.35. The highest BCUT2D eigenvalue weighted by Crippen LogP contribution is 2.33. The summed E-state index contributed by atoms with van der Waals surface area (Å²) in [6, 6.07) is 8.65. The fraction of sp³-hybridized carbons (Fsp3) is 0.667. The van der Waals surface area contributed by atoms with Crippen molar-refractivity contribution in [2.45, 2.75) is 69.5 Å². The first-order chi connectivity index (χ1) is 9.84. The topological polar surface area (TPSA) is 29.5 Å². The van der Waals surface area contributed by atoms with Crippen LogP contribution in [0.1, 0.15) is 74.5 Å². The lowest BCUT2D eigenvalue weighted by Crippen LogP contribution is -2.26. The smallest absolute Gasteiger partial charge is 0.105 e. The van der Waals surface area contributed by atoms with Crippen molar-refractivity contribution in [3.63, 3.8) is 0 Å². The van der Waals surface area contributed by atoms with Crippen molar-refractivity contribution < 1.29 is 9.84 Å². The largest absolute Gasteiger partial charge is 0.386 e. The van der Waals surface area contributed by atoms with Crippen LogP contribution in [0.3, 0.4) is 0 Å². The molecule has 1 N–H and O–H groups in total. The van der Waals surface area contributed by atoms with Gasteiger partial charge < -0.3 is 9.84 Å². The zero-order chi connectivity index (χ0) is 13.8. The first kappa shape index (κ1) is 14.1. The Morgan fingerprint density at radius 3 is 2.25 bits per heavy atom. The van der Waals surface area contributed by atoms with E-state index >= 15 is 0 Å². The Morgan fingerprint density at radius 2 is 1.60 bits per heavy atom. The quantitative estimate of drug-likeness (QED) is 0.888. The molecule has 0 spiro atoms. The van der Waals surface area contributed by atoms with Crippen LogP contribution in [0, 0.1) is 0 Å². The summed E-state index contributed by atoms with van der Waals surface area (Å²) in [7, 11) is 0. The number of benzene rings is 1. The highest BCUT2D eigenvalue weighted by atomic mass is 16.5. The maximum atomic E-state index is 10.4. The van der Waals surface area contributed by atoms with Gasteiger partial charge in [-0.15, -0.1) is 0 Å². The van der Waals surface area contributed by atoms with E-state index in [0.29, 0.717) is 0 Å². The minimum atomic E-state index is -0.462. The van der Waals surface area contributed by atoms with Gasteiger partial charge in [-0.3, -0.25) is 0 Å². The van der Waals surface area contributed by atoms with E-state index in [0.717, 1.165) is 30.9 Å². The van der Waals surface area contributed by atoms with Crippen molar-refractivity contribution in [1.29, 1.82) is 0 Å². The molecule has 2 fully saturated rings. The molecule has 2 aliphatic rings. The van der Waals surface area contributed by atoms with E-state index in [1.54, 1.807) is 0 Å². The number of aliphatic hydroxyl groups excluding tert-OH is 1. The van der Waals surface area contributed by atoms with Gasteiger partial charge in [0.25, 0.3) is 0 Å². The van der Waals surface area contributed by atoms with E-state index in [2.05, 4.69) is 24.3 Å². The van der Waals surface area contributed by atoms with Crippen molar-refractivity contribution in [3.05, 3.63) is 35.4 Å². The highest BCUT2D eigenvalue weighted by molar-refractivity contribution is 5.27. The molecule has 0 radical (unpaired) electrons. The van der Waals surface area contributed by atoms with Crippen molar-refractivity contribution in [3.8, 4) is 0 Å². The van der Waals surface area contributed by atoms with Gasteiger partial charge in [0.1, 0.15) is 6.10 Å². The van der Waals surface area contributed by atoms with Crippen LogP contribution in [0.4, 0.5) is 0 Å². The van der Waals surface area contributed by atoms with Gasteiger partial charge in [-0.2, -0.15) is 0 Å². The van der Waals surface area contributed by atoms with Crippen LogP contribution in [-0.2, 0) is 4.74 Å². The predicted molar refractivity (Wildman–Crippen MR) is 80.8 cm³/mol. The van der Waals surface area contributed by atoms with E-state index in [4.69, 9.17) is 4.74 Å². The molecule has 1 aliphatic carbocycles. The molecule has 0 aromatic heterocycles. The molecule has 2 unspecified atom stereocenters. The molecule has 1 aromatic carbocycles. The fourth-order valence-corrected chi connectivity index (χ4v) is 3.63. The van der Waals surface area contributed by atoms with Gasteiger partial charge in [0.05, 0.1) is 6.10 Å². The first-order valence-electron chi connectivity index (χ1n) is 8.24. The lowest BCUT2D eigenvalue weighted by atomic mass is 9.83. The number of hydrogen-bond acceptors (Lipinski definition) is 2. The summed E-state index contributed by atoms with van der Waals surface area (Å²) in [6.07, 6.45) is 9.58. The molecule has 1 aromatic rings. The summed E-state index contributed by atoms with van der Waals surface area (Å²) in [4.78, 5) is 0. The monoisotopic (exact) mass is 274 g/mol. The molecular formula is C18H26O2. The molecule has 1 saturated heterocycles. The molecule has 3 rings (SSSR count). The van der Waals surface area contributed by atoms with Gasteiger partial charge in [0.15, 0.2) is 0 Å². The Morgan fingerprint density at radius 1 is 0.900 bits per heavy atom. The number of hydrogen-bond donors (Lipinski definition) is 1. The maximum Gasteiger partial charge on any atom is 0.105 e. The van der Waals surface area contributed by atoms with Gasteiger partial charge >= 0.3 is 0 Å². The zero-order valence-corrected chi connectivity index (χ0v) is 12.3. The van der Waals surface area contributed by atoms with E-state index < -0.39 is 6.10 Å². The van der Waals surface area contributed by atoms with Crippen molar-refractivity contribution in [1.82, 2.24) is 0 Å². The fourth-order valence-electron chi connectivity index (χ4n) is 3.63. The van der Waals surface area contributed by atoms with Crippen LogP contribution in [0.5, 0.6) is 0 Å². The molecule has 1 saturated carbocycles. The summed E-state index contributed by atoms with van der Waals surface area (Å²) in [5.74, 6) is 0.737. The Bertz CT molecular complexity index is 400. The zero-order valence-electron chi connectivity index (χ0n) is 12.3. The molecule has 2 nitrogen and oxygen atoms in total. The first-order valence-corrected chi connectivity index (χ1v) is 8.24. The molecule has 0 amide bonds. The van der Waals surface area contributed by atoms with E-state index in [9.17, 15) is 5.11 Å².